The fourth-order valence-electron chi connectivity index (χ4n) is 8.30. The number of hydrogen-bond acceptors (Lipinski definition) is 7. The first-order valence-electron chi connectivity index (χ1n) is 19.1. The Morgan fingerprint density at radius 3 is 2.60 bits per heavy atom. The molecule has 0 radical (unpaired) electrons. The van der Waals surface area contributed by atoms with Gasteiger partial charge in [0.2, 0.25) is 11.8 Å². The first kappa shape index (κ1) is 36.6. The summed E-state index contributed by atoms with van der Waals surface area (Å²) in [4.78, 5) is 47.2. The van der Waals surface area contributed by atoms with Gasteiger partial charge in [-0.2, -0.15) is 0 Å². The van der Waals surface area contributed by atoms with Gasteiger partial charge in [-0.05, 0) is 78.9 Å². The molecule has 2 aliphatic heterocycles. The molecule has 5 aromatic rings. The Bertz CT molecular complexity index is 2100. The summed E-state index contributed by atoms with van der Waals surface area (Å²) in [7, 11) is 3.39. The van der Waals surface area contributed by atoms with Gasteiger partial charge in [0.05, 0.1) is 54.3 Å². The largest absolute Gasteiger partial charge is 0.488 e. The van der Waals surface area contributed by atoms with Crippen LogP contribution in [0.4, 0.5) is 0 Å². The summed E-state index contributed by atoms with van der Waals surface area (Å²) in [6.45, 7) is 10.4. The SMILES string of the molecule is CCCC(=O)N1CC(COC)CC1c1nc2c(ccc3cc4c(cc32)OCc2cc(-c3cnc(C(C)N(C(=O)CCC)C(CC)COC)[nH]3)ccc2-4)[nH]1. The Hall–Kier alpha value is -4.74. The van der Waals surface area contributed by atoms with Crippen molar-refractivity contribution in [2.45, 2.75) is 91.0 Å². The van der Waals surface area contributed by atoms with Gasteiger partial charge in [0.1, 0.15) is 24.0 Å². The van der Waals surface area contributed by atoms with Crippen LogP contribution in [0.2, 0.25) is 0 Å². The molecule has 4 unspecified atom stereocenters. The molecular formula is C42H52N6O5. The highest BCUT2D eigenvalue weighted by atomic mass is 16.5. The molecule has 0 bridgehead atoms. The summed E-state index contributed by atoms with van der Waals surface area (Å²) in [5.74, 6) is 2.96. The molecule has 2 amide bonds. The third-order valence-electron chi connectivity index (χ3n) is 11.0. The van der Waals surface area contributed by atoms with Crippen molar-refractivity contribution in [3.63, 3.8) is 0 Å². The average Bonchev–Trinajstić information content (AvgIpc) is 3.93. The number of ether oxygens (including phenoxy) is 3. The molecule has 2 N–H and O–H groups in total. The van der Waals surface area contributed by atoms with Crippen molar-refractivity contribution in [2.75, 3.05) is 34.0 Å². The van der Waals surface area contributed by atoms with Gasteiger partial charge in [-0.3, -0.25) is 9.59 Å². The second-order valence-electron chi connectivity index (χ2n) is 14.6. The van der Waals surface area contributed by atoms with E-state index in [9.17, 15) is 9.59 Å². The predicted octanol–water partition coefficient (Wildman–Crippen LogP) is 8.12. The molecule has 3 aromatic carbocycles. The van der Waals surface area contributed by atoms with Gasteiger partial charge in [-0.15, -0.1) is 0 Å². The number of carbonyl (C=O) groups is 2. The highest BCUT2D eigenvalue weighted by Crippen LogP contribution is 2.43. The van der Waals surface area contributed by atoms with E-state index in [0.717, 1.165) is 92.8 Å². The molecule has 53 heavy (non-hydrogen) atoms. The zero-order chi connectivity index (χ0) is 37.2. The number of nitrogens with one attached hydrogen (secondary N) is 2. The third-order valence-corrected chi connectivity index (χ3v) is 11.0. The van der Waals surface area contributed by atoms with E-state index >= 15 is 0 Å². The summed E-state index contributed by atoms with van der Waals surface area (Å²) in [5.41, 5.74) is 7.00. The first-order valence-corrected chi connectivity index (χ1v) is 19.1. The number of carbonyl (C=O) groups excluding carboxylic acids is 2. The highest BCUT2D eigenvalue weighted by molar-refractivity contribution is 6.07. The molecule has 1 fully saturated rings. The van der Waals surface area contributed by atoms with Crippen LogP contribution in [0.5, 0.6) is 5.75 Å². The van der Waals surface area contributed by atoms with Gasteiger partial charge in [0.25, 0.3) is 0 Å². The number of imidazole rings is 2. The number of aromatic amines is 2. The maximum absolute atomic E-state index is 13.3. The molecule has 11 nitrogen and oxygen atoms in total. The molecule has 2 aliphatic rings. The quantitative estimate of drug-likeness (QED) is 0.119. The summed E-state index contributed by atoms with van der Waals surface area (Å²) >= 11 is 0. The minimum absolute atomic E-state index is 0.0291. The smallest absolute Gasteiger partial charge is 0.223 e. The van der Waals surface area contributed by atoms with Crippen LogP contribution in [0.15, 0.2) is 48.7 Å². The fraction of sp³-hybridized carbons (Fsp3) is 0.476. The number of benzene rings is 3. The number of rotatable bonds is 14. The lowest BCUT2D eigenvalue weighted by Crippen LogP contribution is -2.44. The van der Waals surface area contributed by atoms with Gasteiger partial charge >= 0.3 is 0 Å². The molecule has 11 heteroatoms. The number of likely N-dealkylation sites (tertiary alicyclic amines) is 1. The van der Waals surface area contributed by atoms with Crippen molar-refractivity contribution < 1.29 is 23.8 Å². The number of H-pyrrole nitrogens is 2. The van der Waals surface area contributed by atoms with Crippen molar-refractivity contribution in [1.29, 1.82) is 0 Å². The lowest BCUT2D eigenvalue weighted by Gasteiger charge is -2.35. The summed E-state index contributed by atoms with van der Waals surface area (Å²) in [5, 5.41) is 2.09. The van der Waals surface area contributed by atoms with E-state index < -0.39 is 0 Å². The summed E-state index contributed by atoms with van der Waals surface area (Å²) in [6, 6.07) is 14.6. The lowest BCUT2D eigenvalue weighted by atomic mass is 9.92. The van der Waals surface area contributed by atoms with Crippen molar-refractivity contribution in [1.82, 2.24) is 29.7 Å². The van der Waals surface area contributed by atoms with Crippen LogP contribution in [-0.2, 0) is 25.7 Å². The van der Waals surface area contributed by atoms with Gasteiger partial charge in [0, 0.05) is 50.5 Å². The molecule has 0 aliphatic carbocycles. The van der Waals surface area contributed by atoms with Crippen molar-refractivity contribution in [3.05, 3.63) is 65.9 Å². The Labute approximate surface area is 311 Å². The molecule has 4 heterocycles. The van der Waals surface area contributed by atoms with Crippen molar-refractivity contribution in [3.8, 4) is 28.1 Å². The normalized spacial score (nSPS) is 17.8. The number of nitrogens with zero attached hydrogens (tertiary/aromatic N) is 4. The topological polar surface area (TPSA) is 126 Å². The number of hydrogen-bond donors (Lipinski definition) is 2. The van der Waals surface area contributed by atoms with Gasteiger partial charge < -0.3 is 34.0 Å². The minimum Gasteiger partial charge on any atom is -0.488 e. The Kier molecular flexibility index (Phi) is 10.8. The van der Waals surface area contributed by atoms with E-state index in [1.54, 1.807) is 14.2 Å². The van der Waals surface area contributed by atoms with Crippen LogP contribution in [0.25, 0.3) is 44.2 Å². The Morgan fingerprint density at radius 2 is 1.85 bits per heavy atom. The maximum atomic E-state index is 13.3. The first-order chi connectivity index (χ1) is 25.8. The second-order valence-corrected chi connectivity index (χ2v) is 14.6. The zero-order valence-electron chi connectivity index (χ0n) is 31.8. The minimum atomic E-state index is -0.227. The molecular weight excluding hydrogens is 668 g/mol. The van der Waals surface area contributed by atoms with E-state index in [-0.39, 0.29) is 35.9 Å². The van der Waals surface area contributed by atoms with E-state index in [4.69, 9.17) is 24.2 Å². The average molecular weight is 721 g/mol. The van der Waals surface area contributed by atoms with Crippen LogP contribution in [0.1, 0.15) is 95.5 Å². The fourth-order valence-corrected chi connectivity index (χ4v) is 8.30. The van der Waals surface area contributed by atoms with E-state index in [1.165, 1.54) is 0 Å². The van der Waals surface area contributed by atoms with Crippen molar-refractivity contribution >= 4 is 33.6 Å². The monoisotopic (exact) mass is 720 g/mol. The van der Waals surface area contributed by atoms with E-state index in [0.29, 0.717) is 39.2 Å². The van der Waals surface area contributed by atoms with Gasteiger partial charge in [-0.25, -0.2) is 9.97 Å². The standard InChI is InChI=1S/C42H52N6O5/c1-7-10-38(49)47-21-26(22-51-5)16-36(47)42-44-34-15-13-27-18-33-31-14-12-28(17-29(31)23-53-37(33)19-32(27)40(34)46-42)35-20-43-41(45-35)25(4)48(39(50)11-8-2)30(9-3)24-52-6/h12-15,17-20,25-26,30,36H,7-11,16,21-24H2,1-6H3,(H,43,45)(H,44,46). The van der Waals surface area contributed by atoms with E-state index in [2.05, 4.69) is 59.4 Å². The molecule has 2 aromatic heterocycles. The van der Waals surface area contributed by atoms with Gasteiger partial charge in [0.15, 0.2) is 0 Å². The zero-order valence-corrected chi connectivity index (χ0v) is 31.8. The van der Waals surface area contributed by atoms with Crippen LogP contribution in [0.3, 0.4) is 0 Å². The second kappa shape index (κ2) is 15.7. The Balaban J connectivity index is 1.16. The van der Waals surface area contributed by atoms with Gasteiger partial charge in [-0.1, -0.05) is 39.0 Å². The number of fused-ring (bicyclic) bond motifs is 6. The number of amides is 2. The van der Waals surface area contributed by atoms with E-state index in [1.807, 2.05) is 36.8 Å². The highest BCUT2D eigenvalue weighted by Gasteiger charge is 2.38. The molecule has 0 saturated carbocycles. The Morgan fingerprint density at radius 1 is 1.02 bits per heavy atom. The molecule has 0 spiro atoms. The molecule has 280 valence electrons. The third kappa shape index (κ3) is 7.04. The molecule has 7 rings (SSSR count). The van der Waals surface area contributed by atoms with Crippen LogP contribution >= 0.6 is 0 Å². The van der Waals surface area contributed by atoms with Crippen LogP contribution < -0.4 is 4.74 Å². The van der Waals surface area contributed by atoms with Crippen molar-refractivity contribution in [2.24, 2.45) is 5.92 Å². The molecule has 1 saturated heterocycles. The summed E-state index contributed by atoms with van der Waals surface area (Å²) < 4.78 is 17.4. The lowest BCUT2D eigenvalue weighted by molar-refractivity contribution is -0.138. The maximum Gasteiger partial charge on any atom is 0.223 e. The molecule has 4 atom stereocenters. The summed E-state index contributed by atoms with van der Waals surface area (Å²) in [6.07, 6.45) is 6.10. The van der Waals surface area contributed by atoms with Crippen LogP contribution in [-0.4, -0.2) is 81.6 Å². The number of methoxy groups -OCH3 is 2. The van der Waals surface area contributed by atoms with Crippen LogP contribution in [0, 0.1) is 5.92 Å². The predicted molar refractivity (Wildman–Crippen MR) is 206 cm³/mol. The number of aromatic nitrogens is 4.